The van der Waals surface area contributed by atoms with Gasteiger partial charge in [0.2, 0.25) is 0 Å². The van der Waals surface area contributed by atoms with Gasteiger partial charge in [-0.15, -0.1) is 0 Å². The Morgan fingerprint density at radius 1 is 1.35 bits per heavy atom. The normalized spacial score (nSPS) is 17.2. The molecule has 6 heteroatoms. The SMILES string of the molecule is CCOc1ccc(CN2CC[C@@H](N(C)c3ncccc3C(=O)O)C2)cc1. The van der Waals surface area contributed by atoms with E-state index in [4.69, 9.17) is 4.74 Å². The van der Waals surface area contributed by atoms with E-state index in [0.717, 1.165) is 31.8 Å². The minimum absolute atomic E-state index is 0.250. The van der Waals surface area contributed by atoms with Gasteiger partial charge >= 0.3 is 5.97 Å². The molecule has 26 heavy (non-hydrogen) atoms. The predicted octanol–water partition coefficient (Wildman–Crippen LogP) is 2.89. The average Bonchev–Trinajstić information content (AvgIpc) is 3.11. The molecule has 2 heterocycles. The van der Waals surface area contributed by atoms with Gasteiger partial charge in [-0.1, -0.05) is 12.1 Å². The lowest BCUT2D eigenvalue weighted by Gasteiger charge is -2.27. The molecule has 1 fully saturated rings. The smallest absolute Gasteiger partial charge is 0.339 e. The van der Waals surface area contributed by atoms with Crippen LogP contribution in [-0.4, -0.2) is 53.7 Å². The van der Waals surface area contributed by atoms with Crippen molar-refractivity contribution in [2.24, 2.45) is 0 Å². The van der Waals surface area contributed by atoms with Crippen molar-refractivity contribution in [1.82, 2.24) is 9.88 Å². The predicted molar refractivity (Wildman–Crippen MR) is 101 cm³/mol. The summed E-state index contributed by atoms with van der Waals surface area (Å²) in [6.45, 7) is 5.40. The van der Waals surface area contributed by atoms with E-state index in [1.807, 2.05) is 31.0 Å². The van der Waals surface area contributed by atoms with Crippen molar-refractivity contribution in [2.75, 3.05) is 31.6 Å². The van der Waals surface area contributed by atoms with Crippen molar-refractivity contribution < 1.29 is 14.6 Å². The van der Waals surface area contributed by atoms with E-state index in [1.54, 1.807) is 18.3 Å². The van der Waals surface area contributed by atoms with Crippen LogP contribution in [0.5, 0.6) is 5.75 Å². The number of likely N-dealkylation sites (N-methyl/N-ethyl adjacent to an activating group) is 1. The number of aromatic carboxylic acids is 1. The maximum absolute atomic E-state index is 11.4. The number of hydrogen-bond acceptors (Lipinski definition) is 5. The van der Waals surface area contributed by atoms with Gasteiger partial charge in [0.05, 0.1) is 6.61 Å². The van der Waals surface area contributed by atoms with E-state index < -0.39 is 5.97 Å². The summed E-state index contributed by atoms with van der Waals surface area (Å²) in [5.41, 5.74) is 1.50. The van der Waals surface area contributed by atoms with E-state index in [1.165, 1.54) is 5.56 Å². The van der Waals surface area contributed by atoms with Gasteiger partial charge in [0.15, 0.2) is 0 Å². The number of rotatable bonds is 7. The van der Waals surface area contributed by atoms with Crippen LogP contribution in [0.2, 0.25) is 0 Å². The maximum Gasteiger partial charge on any atom is 0.339 e. The molecule has 1 aliphatic rings. The first-order chi connectivity index (χ1) is 12.6. The lowest BCUT2D eigenvalue weighted by Crippen LogP contribution is -2.36. The van der Waals surface area contributed by atoms with E-state index in [-0.39, 0.29) is 11.6 Å². The zero-order chi connectivity index (χ0) is 18.5. The Hall–Kier alpha value is -2.60. The van der Waals surface area contributed by atoms with Crippen molar-refractivity contribution in [3.8, 4) is 5.75 Å². The molecule has 138 valence electrons. The van der Waals surface area contributed by atoms with Crippen LogP contribution in [0.3, 0.4) is 0 Å². The summed E-state index contributed by atoms with van der Waals surface area (Å²) in [6.07, 6.45) is 2.63. The van der Waals surface area contributed by atoms with E-state index in [9.17, 15) is 9.90 Å². The van der Waals surface area contributed by atoms with Crippen LogP contribution in [0.25, 0.3) is 0 Å². The number of likely N-dealkylation sites (tertiary alicyclic amines) is 1. The van der Waals surface area contributed by atoms with E-state index in [2.05, 4.69) is 22.0 Å². The molecule has 1 aromatic heterocycles. The number of ether oxygens (including phenoxy) is 1. The Morgan fingerprint density at radius 2 is 2.12 bits per heavy atom. The highest BCUT2D eigenvalue weighted by molar-refractivity contribution is 5.93. The Balaban J connectivity index is 1.62. The van der Waals surface area contributed by atoms with Gasteiger partial charge < -0.3 is 14.7 Å². The Labute approximate surface area is 154 Å². The molecule has 1 saturated heterocycles. The highest BCUT2D eigenvalue weighted by Crippen LogP contribution is 2.24. The number of hydrogen-bond donors (Lipinski definition) is 1. The molecule has 0 amide bonds. The molecule has 3 rings (SSSR count). The molecule has 1 atom stereocenters. The lowest BCUT2D eigenvalue weighted by molar-refractivity contribution is 0.0697. The number of carbonyl (C=O) groups is 1. The average molecular weight is 355 g/mol. The van der Waals surface area contributed by atoms with E-state index in [0.29, 0.717) is 12.4 Å². The summed E-state index contributed by atoms with van der Waals surface area (Å²) in [4.78, 5) is 20.1. The summed E-state index contributed by atoms with van der Waals surface area (Å²) < 4.78 is 5.48. The molecule has 1 aromatic carbocycles. The van der Waals surface area contributed by atoms with Gasteiger partial charge in [-0.3, -0.25) is 4.90 Å². The van der Waals surface area contributed by atoms with Crippen LogP contribution in [0.1, 0.15) is 29.3 Å². The second kappa shape index (κ2) is 8.19. The molecular formula is C20H25N3O3. The third-order valence-electron chi connectivity index (χ3n) is 4.79. The van der Waals surface area contributed by atoms with Crippen LogP contribution < -0.4 is 9.64 Å². The molecule has 0 unspecified atom stereocenters. The minimum Gasteiger partial charge on any atom is -0.494 e. The number of pyridine rings is 1. The number of carboxylic acids is 1. The van der Waals surface area contributed by atoms with Crippen LogP contribution in [-0.2, 0) is 6.54 Å². The zero-order valence-electron chi connectivity index (χ0n) is 15.3. The lowest BCUT2D eigenvalue weighted by atomic mass is 10.2. The standard InChI is InChI=1S/C20H25N3O3/c1-3-26-17-8-6-15(7-9-17)13-23-12-10-16(14-23)22(2)19-18(20(24)25)5-4-11-21-19/h4-9,11,16H,3,10,12-14H2,1-2H3,(H,24,25)/t16-/m1/s1. The van der Waals surface area contributed by atoms with Gasteiger partial charge in [-0.05, 0) is 43.2 Å². The van der Waals surface area contributed by atoms with Gasteiger partial charge in [0.1, 0.15) is 17.1 Å². The fourth-order valence-corrected chi connectivity index (χ4v) is 3.41. The van der Waals surface area contributed by atoms with E-state index >= 15 is 0 Å². The summed E-state index contributed by atoms with van der Waals surface area (Å²) in [5, 5.41) is 9.38. The summed E-state index contributed by atoms with van der Waals surface area (Å²) >= 11 is 0. The van der Waals surface area contributed by atoms with Crippen molar-refractivity contribution >= 4 is 11.8 Å². The monoisotopic (exact) mass is 355 g/mol. The molecule has 0 saturated carbocycles. The molecule has 1 aliphatic heterocycles. The number of carboxylic acid groups (broad SMARTS) is 1. The second-order valence-corrected chi connectivity index (χ2v) is 6.55. The number of aromatic nitrogens is 1. The fourth-order valence-electron chi connectivity index (χ4n) is 3.41. The van der Waals surface area contributed by atoms with Gasteiger partial charge in [-0.2, -0.15) is 0 Å². The summed E-state index contributed by atoms with van der Waals surface area (Å²) in [7, 11) is 1.93. The largest absolute Gasteiger partial charge is 0.494 e. The molecule has 0 aliphatic carbocycles. The molecule has 6 nitrogen and oxygen atoms in total. The Morgan fingerprint density at radius 3 is 2.81 bits per heavy atom. The van der Waals surface area contributed by atoms with Gasteiger partial charge in [-0.25, -0.2) is 9.78 Å². The topological polar surface area (TPSA) is 65.9 Å². The second-order valence-electron chi connectivity index (χ2n) is 6.55. The van der Waals surface area contributed by atoms with Crippen LogP contribution in [0, 0.1) is 0 Å². The fraction of sp³-hybridized carbons (Fsp3) is 0.400. The summed E-state index contributed by atoms with van der Waals surface area (Å²) in [5.74, 6) is 0.490. The Kier molecular flexibility index (Phi) is 5.73. The number of anilines is 1. The molecule has 0 spiro atoms. The highest BCUT2D eigenvalue weighted by Gasteiger charge is 2.28. The maximum atomic E-state index is 11.4. The first kappa shape index (κ1) is 18.2. The minimum atomic E-state index is -0.941. The van der Waals surface area contributed by atoms with Crippen LogP contribution in [0.4, 0.5) is 5.82 Å². The number of benzene rings is 1. The van der Waals surface area contributed by atoms with Crippen molar-refractivity contribution in [3.05, 3.63) is 53.7 Å². The quantitative estimate of drug-likeness (QED) is 0.824. The van der Waals surface area contributed by atoms with Crippen molar-refractivity contribution in [1.29, 1.82) is 0 Å². The first-order valence-corrected chi connectivity index (χ1v) is 8.93. The molecule has 0 bridgehead atoms. The third kappa shape index (κ3) is 4.14. The molecule has 2 aromatic rings. The number of nitrogens with zero attached hydrogens (tertiary/aromatic N) is 3. The van der Waals surface area contributed by atoms with Crippen LogP contribution >= 0.6 is 0 Å². The Bertz CT molecular complexity index is 748. The van der Waals surface area contributed by atoms with Crippen molar-refractivity contribution in [3.63, 3.8) is 0 Å². The summed E-state index contributed by atoms with van der Waals surface area (Å²) in [6, 6.07) is 11.7. The van der Waals surface area contributed by atoms with Gasteiger partial charge in [0.25, 0.3) is 0 Å². The highest BCUT2D eigenvalue weighted by atomic mass is 16.5. The molecular weight excluding hydrogens is 330 g/mol. The van der Waals surface area contributed by atoms with Gasteiger partial charge in [0, 0.05) is 38.9 Å². The van der Waals surface area contributed by atoms with Crippen molar-refractivity contribution in [2.45, 2.75) is 25.9 Å². The molecule has 1 N–H and O–H groups in total. The molecule has 0 radical (unpaired) electrons. The van der Waals surface area contributed by atoms with Crippen LogP contribution in [0.15, 0.2) is 42.6 Å². The first-order valence-electron chi connectivity index (χ1n) is 8.93. The zero-order valence-corrected chi connectivity index (χ0v) is 15.3. The third-order valence-corrected chi connectivity index (χ3v) is 4.79.